The molecule has 1 heterocycles. The quantitative estimate of drug-likeness (QED) is 0.852. The molecule has 0 unspecified atom stereocenters. The van der Waals surface area contributed by atoms with Crippen LogP contribution in [0.3, 0.4) is 0 Å². The van der Waals surface area contributed by atoms with E-state index in [9.17, 15) is 9.59 Å². The van der Waals surface area contributed by atoms with E-state index < -0.39 is 18.0 Å². The molecule has 1 aromatic heterocycles. The summed E-state index contributed by atoms with van der Waals surface area (Å²) in [5.41, 5.74) is 1.29. The van der Waals surface area contributed by atoms with Gasteiger partial charge in [-0.1, -0.05) is 16.8 Å². The Balaban J connectivity index is 2.04. The number of amides is 1. The van der Waals surface area contributed by atoms with E-state index in [1.165, 1.54) is 25.1 Å². The molecule has 1 atom stereocenters. The number of hydrogen-bond acceptors (Lipinski definition) is 6. The van der Waals surface area contributed by atoms with Gasteiger partial charge in [-0.25, -0.2) is 4.79 Å². The summed E-state index contributed by atoms with van der Waals surface area (Å²) in [5, 5.41) is 15.3. The largest absolute Gasteiger partial charge is 0.449 e. The van der Waals surface area contributed by atoms with Crippen molar-refractivity contribution in [3.63, 3.8) is 0 Å². The van der Waals surface area contributed by atoms with Gasteiger partial charge in [-0.3, -0.25) is 4.79 Å². The maximum atomic E-state index is 12.1. The maximum Gasteiger partial charge on any atom is 0.344 e. The molecular formula is C16H14ClN3O4. The van der Waals surface area contributed by atoms with E-state index in [4.69, 9.17) is 26.1 Å². The van der Waals surface area contributed by atoms with Gasteiger partial charge < -0.3 is 14.6 Å². The average Bonchev–Trinajstić information content (AvgIpc) is 2.86. The van der Waals surface area contributed by atoms with Crippen LogP contribution in [0.1, 0.15) is 34.3 Å². The van der Waals surface area contributed by atoms with Gasteiger partial charge in [0, 0.05) is 5.69 Å². The minimum absolute atomic E-state index is 0.205. The van der Waals surface area contributed by atoms with Crippen LogP contribution in [0.2, 0.25) is 5.02 Å². The lowest BCUT2D eigenvalue weighted by molar-refractivity contribution is -0.123. The maximum absolute atomic E-state index is 12.1. The molecule has 24 heavy (non-hydrogen) atoms. The number of carbonyl (C=O) groups is 2. The number of aromatic nitrogens is 1. The van der Waals surface area contributed by atoms with Gasteiger partial charge in [-0.05, 0) is 39.0 Å². The van der Waals surface area contributed by atoms with Crippen LogP contribution in [-0.2, 0) is 9.53 Å². The fourth-order valence-electron chi connectivity index (χ4n) is 1.97. The normalized spacial score (nSPS) is 11.5. The molecule has 0 saturated heterocycles. The van der Waals surface area contributed by atoms with Crippen molar-refractivity contribution in [1.82, 2.24) is 5.16 Å². The number of hydrogen-bond donors (Lipinski definition) is 1. The lowest BCUT2D eigenvalue weighted by Crippen LogP contribution is -2.30. The van der Waals surface area contributed by atoms with Gasteiger partial charge in [-0.2, -0.15) is 5.26 Å². The van der Waals surface area contributed by atoms with E-state index in [0.29, 0.717) is 22.7 Å². The molecule has 0 aliphatic rings. The van der Waals surface area contributed by atoms with Crippen LogP contribution in [0.4, 0.5) is 5.69 Å². The number of rotatable bonds is 4. The number of anilines is 1. The molecule has 8 heteroatoms. The van der Waals surface area contributed by atoms with E-state index in [1.54, 1.807) is 13.8 Å². The molecule has 1 N–H and O–H groups in total. The fourth-order valence-corrected chi connectivity index (χ4v) is 2.20. The molecular weight excluding hydrogens is 334 g/mol. The molecule has 0 aliphatic carbocycles. The van der Waals surface area contributed by atoms with Crippen molar-refractivity contribution in [3.8, 4) is 6.07 Å². The molecule has 1 amide bonds. The van der Waals surface area contributed by atoms with E-state index in [0.717, 1.165) is 0 Å². The van der Waals surface area contributed by atoms with Crippen LogP contribution < -0.4 is 5.32 Å². The zero-order valence-electron chi connectivity index (χ0n) is 13.2. The second-order valence-corrected chi connectivity index (χ2v) is 5.45. The van der Waals surface area contributed by atoms with Gasteiger partial charge in [0.05, 0.1) is 16.3 Å². The molecule has 1 aromatic carbocycles. The van der Waals surface area contributed by atoms with Crippen molar-refractivity contribution >= 4 is 29.2 Å². The summed E-state index contributed by atoms with van der Waals surface area (Å²) in [7, 11) is 0. The van der Waals surface area contributed by atoms with Gasteiger partial charge in [0.25, 0.3) is 5.91 Å². The molecule has 0 spiro atoms. The van der Waals surface area contributed by atoms with Crippen LogP contribution in [0, 0.1) is 25.2 Å². The third-order valence-electron chi connectivity index (χ3n) is 3.25. The second-order valence-electron chi connectivity index (χ2n) is 5.04. The van der Waals surface area contributed by atoms with E-state index in [2.05, 4.69) is 10.5 Å². The standard InChI is InChI=1S/C16H14ClN3O4/c1-8-14(9(2)24-20-8)16(22)23-10(3)15(21)19-12-5-4-11(7-18)13(17)6-12/h4-6,10H,1-3H3,(H,19,21)/t10-/m0/s1. The molecule has 2 aromatic rings. The molecule has 0 bridgehead atoms. The Kier molecular flexibility index (Phi) is 5.21. The Hall–Kier alpha value is -2.85. The number of ether oxygens (including phenoxy) is 1. The van der Waals surface area contributed by atoms with Crippen molar-refractivity contribution in [2.24, 2.45) is 0 Å². The summed E-state index contributed by atoms with van der Waals surface area (Å²) in [4.78, 5) is 24.2. The number of nitrogens with one attached hydrogen (secondary N) is 1. The van der Waals surface area contributed by atoms with Gasteiger partial charge in [0.1, 0.15) is 17.4 Å². The number of carbonyl (C=O) groups excluding carboxylic acids is 2. The molecule has 0 saturated carbocycles. The molecule has 0 aliphatic heterocycles. The van der Waals surface area contributed by atoms with Gasteiger partial charge >= 0.3 is 5.97 Å². The number of benzene rings is 1. The van der Waals surface area contributed by atoms with Gasteiger partial charge in [-0.15, -0.1) is 0 Å². The SMILES string of the molecule is Cc1noc(C)c1C(=O)O[C@@H](C)C(=O)Nc1ccc(C#N)c(Cl)c1. The highest BCUT2D eigenvalue weighted by atomic mass is 35.5. The second kappa shape index (κ2) is 7.15. The first kappa shape index (κ1) is 17.5. The molecule has 7 nitrogen and oxygen atoms in total. The van der Waals surface area contributed by atoms with Crippen molar-refractivity contribution in [3.05, 3.63) is 45.8 Å². The monoisotopic (exact) mass is 347 g/mol. The predicted octanol–water partition coefficient (Wildman–Crippen LogP) is 3.00. The van der Waals surface area contributed by atoms with Crippen molar-refractivity contribution in [1.29, 1.82) is 5.26 Å². The van der Waals surface area contributed by atoms with Crippen LogP contribution in [-0.4, -0.2) is 23.1 Å². The smallest absolute Gasteiger partial charge is 0.344 e. The minimum Gasteiger partial charge on any atom is -0.449 e. The Bertz CT molecular complexity index is 819. The summed E-state index contributed by atoms with van der Waals surface area (Å²) in [6, 6.07) is 6.38. The van der Waals surface area contributed by atoms with Crippen LogP contribution in [0.15, 0.2) is 22.7 Å². The first-order valence-corrected chi connectivity index (χ1v) is 7.35. The Morgan fingerprint density at radius 2 is 2.12 bits per heavy atom. The Morgan fingerprint density at radius 3 is 2.67 bits per heavy atom. The van der Waals surface area contributed by atoms with Gasteiger partial charge in [0.15, 0.2) is 6.10 Å². The molecule has 2 rings (SSSR count). The topological polar surface area (TPSA) is 105 Å². The van der Waals surface area contributed by atoms with E-state index >= 15 is 0 Å². The van der Waals surface area contributed by atoms with Crippen molar-refractivity contribution < 1.29 is 18.8 Å². The number of halogens is 1. The average molecular weight is 348 g/mol. The third-order valence-corrected chi connectivity index (χ3v) is 3.56. The molecule has 0 radical (unpaired) electrons. The lowest BCUT2D eigenvalue weighted by atomic mass is 10.2. The summed E-state index contributed by atoms with van der Waals surface area (Å²) in [6.07, 6.45) is -1.04. The zero-order chi connectivity index (χ0) is 17.9. The predicted molar refractivity (Wildman–Crippen MR) is 85.7 cm³/mol. The molecule has 124 valence electrons. The first-order valence-electron chi connectivity index (χ1n) is 6.98. The highest BCUT2D eigenvalue weighted by Gasteiger charge is 2.24. The van der Waals surface area contributed by atoms with Crippen molar-refractivity contribution in [2.45, 2.75) is 26.9 Å². The highest BCUT2D eigenvalue weighted by molar-refractivity contribution is 6.32. The molecule has 0 fully saturated rings. The summed E-state index contributed by atoms with van der Waals surface area (Å²) in [6.45, 7) is 4.63. The van der Waals surface area contributed by atoms with Crippen LogP contribution >= 0.6 is 11.6 Å². The third kappa shape index (κ3) is 3.73. The number of aryl methyl sites for hydroxylation is 2. The number of nitrogens with zero attached hydrogens (tertiary/aromatic N) is 2. The summed E-state index contributed by atoms with van der Waals surface area (Å²) < 4.78 is 10.0. The lowest BCUT2D eigenvalue weighted by Gasteiger charge is -2.13. The summed E-state index contributed by atoms with van der Waals surface area (Å²) >= 11 is 5.90. The van der Waals surface area contributed by atoms with Crippen LogP contribution in [0.5, 0.6) is 0 Å². The highest BCUT2D eigenvalue weighted by Crippen LogP contribution is 2.21. The zero-order valence-corrected chi connectivity index (χ0v) is 14.0. The Morgan fingerprint density at radius 1 is 1.42 bits per heavy atom. The van der Waals surface area contributed by atoms with Gasteiger partial charge in [0.2, 0.25) is 0 Å². The van der Waals surface area contributed by atoms with Crippen LogP contribution in [0.25, 0.3) is 0 Å². The first-order chi connectivity index (χ1) is 11.3. The Labute approximate surface area is 143 Å². The van der Waals surface area contributed by atoms with E-state index in [-0.39, 0.29) is 10.6 Å². The van der Waals surface area contributed by atoms with Crippen molar-refractivity contribution in [2.75, 3.05) is 5.32 Å². The number of esters is 1. The number of nitriles is 1. The minimum atomic E-state index is -1.04. The van der Waals surface area contributed by atoms with E-state index in [1.807, 2.05) is 6.07 Å². The summed E-state index contributed by atoms with van der Waals surface area (Å²) in [5.74, 6) is -0.897. The fraction of sp³-hybridized carbons (Fsp3) is 0.250.